The Labute approximate surface area is 228 Å². The lowest BCUT2D eigenvalue weighted by Gasteiger charge is -2.30. The summed E-state index contributed by atoms with van der Waals surface area (Å²) in [6, 6.07) is 26.4. The molecule has 2 aromatic heterocycles. The van der Waals surface area contributed by atoms with Crippen LogP contribution in [-0.2, 0) is 26.1 Å². The first kappa shape index (κ1) is 26.3. The van der Waals surface area contributed by atoms with E-state index in [0.717, 1.165) is 52.0 Å². The first-order chi connectivity index (χ1) is 19.1. The third kappa shape index (κ3) is 6.07. The van der Waals surface area contributed by atoms with E-state index in [9.17, 15) is 4.79 Å². The van der Waals surface area contributed by atoms with Crippen LogP contribution in [0.15, 0.2) is 83.7 Å². The fraction of sp³-hybridized carbons (Fsp3) is 0.290. The number of methoxy groups -OCH3 is 1. The second-order valence-corrected chi connectivity index (χ2v) is 9.76. The molecule has 0 bridgehead atoms. The zero-order valence-electron chi connectivity index (χ0n) is 22.7. The van der Waals surface area contributed by atoms with E-state index in [0.29, 0.717) is 19.6 Å². The lowest BCUT2D eigenvalue weighted by atomic mass is 10.1. The fourth-order valence-electron chi connectivity index (χ4n) is 5.02. The molecule has 5 rings (SSSR count). The molecule has 8 nitrogen and oxygen atoms in total. The largest absolute Gasteiger partial charge is 0.497 e. The Bertz CT molecular complexity index is 1580. The molecule has 1 N–H and O–H groups in total. The van der Waals surface area contributed by atoms with Gasteiger partial charge in [-0.05, 0) is 75.7 Å². The van der Waals surface area contributed by atoms with Crippen LogP contribution in [0.25, 0.3) is 10.9 Å². The molecule has 3 aromatic carbocycles. The number of aromatic amines is 1. The third-order valence-electron chi connectivity index (χ3n) is 7.17. The molecule has 39 heavy (non-hydrogen) atoms. The van der Waals surface area contributed by atoms with Gasteiger partial charge >= 0.3 is 0 Å². The van der Waals surface area contributed by atoms with Gasteiger partial charge in [0.15, 0.2) is 5.82 Å². The van der Waals surface area contributed by atoms with Gasteiger partial charge in [0, 0.05) is 24.2 Å². The van der Waals surface area contributed by atoms with Gasteiger partial charge in [-0.2, -0.15) is 0 Å². The van der Waals surface area contributed by atoms with Crippen molar-refractivity contribution in [3.8, 4) is 5.75 Å². The van der Waals surface area contributed by atoms with E-state index in [1.807, 2.05) is 59.3 Å². The van der Waals surface area contributed by atoms with Crippen LogP contribution in [0.1, 0.15) is 54.4 Å². The Balaban J connectivity index is 1.50. The van der Waals surface area contributed by atoms with E-state index in [4.69, 9.17) is 4.74 Å². The molecule has 0 unspecified atom stereocenters. The molecule has 8 heteroatoms. The summed E-state index contributed by atoms with van der Waals surface area (Å²) in [6.07, 6.45) is 1.72. The molecule has 0 spiro atoms. The quantitative estimate of drug-likeness (QED) is 0.254. The maximum atomic E-state index is 13.2. The summed E-state index contributed by atoms with van der Waals surface area (Å²) < 4.78 is 7.15. The van der Waals surface area contributed by atoms with Crippen molar-refractivity contribution < 1.29 is 4.74 Å². The maximum Gasteiger partial charge on any atom is 0.252 e. The molecular weight excluding hydrogens is 488 g/mol. The van der Waals surface area contributed by atoms with Crippen molar-refractivity contribution in [2.24, 2.45) is 0 Å². The van der Waals surface area contributed by atoms with Crippen LogP contribution in [-0.4, -0.2) is 37.2 Å². The summed E-state index contributed by atoms with van der Waals surface area (Å²) in [5.74, 6) is 1.58. The minimum atomic E-state index is -0.101. The number of benzene rings is 3. The molecule has 0 saturated heterocycles. The second kappa shape index (κ2) is 12.0. The zero-order valence-corrected chi connectivity index (χ0v) is 22.7. The average molecular weight is 523 g/mol. The monoisotopic (exact) mass is 522 g/mol. The van der Waals surface area contributed by atoms with Gasteiger partial charge in [0.05, 0.1) is 19.7 Å². The Morgan fingerprint density at radius 1 is 0.923 bits per heavy atom. The molecule has 0 aliphatic carbocycles. The predicted molar refractivity (Wildman–Crippen MR) is 153 cm³/mol. The van der Waals surface area contributed by atoms with Crippen molar-refractivity contribution in [1.29, 1.82) is 0 Å². The summed E-state index contributed by atoms with van der Waals surface area (Å²) in [4.78, 5) is 18.6. The number of fused-ring (bicyclic) bond motifs is 1. The highest BCUT2D eigenvalue weighted by molar-refractivity contribution is 5.79. The van der Waals surface area contributed by atoms with E-state index in [-0.39, 0.29) is 11.6 Å². The summed E-state index contributed by atoms with van der Waals surface area (Å²) >= 11 is 0. The van der Waals surface area contributed by atoms with Crippen LogP contribution < -0.4 is 10.3 Å². The normalized spacial score (nSPS) is 12.2. The van der Waals surface area contributed by atoms with Gasteiger partial charge in [-0.3, -0.25) is 9.69 Å². The van der Waals surface area contributed by atoms with Crippen molar-refractivity contribution in [2.75, 3.05) is 7.11 Å². The molecule has 0 aliphatic rings. The number of nitrogens with zero attached hydrogens (tertiary/aromatic N) is 5. The van der Waals surface area contributed by atoms with Gasteiger partial charge in [0.25, 0.3) is 5.56 Å². The van der Waals surface area contributed by atoms with Crippen LogP contribution in [0.3, 0.4) is 0 Å². The first-order valence-corrected chi connectivity index (χ1v) is 13.4. The Kier molecular flexibility index (Phi) is 8.13. The minimum absolute atomic E-state index is 0.0718. The van der Waals surface area contributed by atoms with Crippen LogP contribution in [0.5, 0.6) is 5.75 Å². The van der Waals surface area contributed by atoms with Gasteiger partial charge < -0.3 is 9.72 Å². The zero-order chi connectivity index (χ0) is 27.2. The molecule has 200 valence electrons. The second-order valence-electron chi connectivity index (χ2n) is 9.76. The molecule has 0 amide bonds. The number of H-pyrrole nitrogens is 1. The van der Waals surface area contributed by atoms with Gasteiger partial charge in [-0.25, -0.2) is 4.68 Å². The number of nitrogens with one attached hydrogen (secondary N) is 1. The van der Waals surface area contributed by atoms with Gasteiger partial charge in [-0.1, -0.05) is 62.4 Å². The molecule has 0 fully saturated rings. The SMILES string of the molecule is CCc1ccc2[nH]c(=O)c(CN(Cc3ccccc3)[C@H](CC)c3nnnn3Cc3ccc(OC)cc3)cc2c1. The van der Waals surface area contributed by atoms with Crippen molar-refractivity contribution in [1.82, 2.24) is 30.1 Å². The number of ether oxygens (including phenoxy) is 1. The maximum absolute atomic E-state index is 13.2. The molecule has 0 aliphatic heterocycles. The van der Waals surface area contributed by atoms with E-state index >= 15 is 0 Å². The summed E-state index contributed by atoms with van der Waals surface area (Å²) in [6.45, 7) is 5.93. The molecule has 1 atom stereocenters. The van der Waals surface area contributed by atoms with E-state index in [1.165, 1.54) is 5.56 Å². The van der Waals surface area contributed by atoms with Crippen LogP contribution in [0, 0.1) is 0 Å². The standard InChI is InChI=1S/C31H34N6O2/c1-4-22-13-16-28-25(17-22)18-26(31(38)32-28)21-36(19-23-9-7-6-8-10-23)29(5-2)30-33-34-35-37(30)20-24-11-14-27(39-3)15-12-24/h6-18,29H,4-5,19-21H2,1-3H3,(H,32,38)/t29-/m1/s1. The summed E-state index contributed by atoms with van der Waals surface area (Å²) in [7, 11) is 1.66. The van der Waals surface area contributed by atoms with Crippen LogP contribution in [0.4, 0.5) is 0 Å². The highest BCUT2D eigenvalue weighted by atomic mass is 16.5. The van der Waals surface area contributed by atoms with Crippen molar-refractivity contribution in [3.63, 3.8) is 0 Å². The van der Waals surface area contributed by atoms with Crippen molar-refractivity contribution in [2.45, 2.75) is 52.4 Å². The molecular formula is C31H34N6O2. The van der Waals surface area contributed by atoms with Crippen molar-refractivity contribution in [3.05, 3.63) is 117 Å². The number of pyridine rings is 1. The molecule has 0 saturated carbocycles. The van der Waals surface area contributed by atoms with E-state index in [1.54, 1.807) is 7.11 Å². The lowest BCUT2D eigenvalue weighted by Crippen LogP contribution is -2.32. The predicted octanol–water partition coefficient (Wildman–Crippen LogP) is 5.29. The number of aryl methyl sites for hydroxylation is 1. The summed E-state index contributed by atoms with van der Waals surface area (Å²) in [5.41, 5.74) is 4.98. The molecule has 2 heterocycles. The van der Waals surface area contributed by atoms with Gasteiger partial charge in [-0.15, -0.1) is 5.10 Å². The fourth-order valence-corrected chi connectivity index (χ4v) is 5.02. The molecule has 0 radical (unpaired) electrons. The lowest BCUT2D eigenvalue weighted by molar-refractivity contribution is 0.161. The smallest absolute Gasteiger partial charge is 0.252 e. The molecule has 5 aromatic rings. The number of rotatable bonds is 11. The van der Waals surface area contributed by atoms with E-state index in [2.05, 4.69) is 63.5 Å². The average Bonchev–Trinajstić information content (AvgIpc) is 3.42. The number of hydrogen-bond acceptors (Lipinski definition) is 6. The third-order valence-corrected chi connectivity index (χ3v) is 7.17. The van der Waals surface area contributed by atoms with Crippen LogP contribution in [0.2, 0.25) is 0 Å². The first-order valence-electron chi connectivity index (χ1n) is 13.4. The Hall–Kier alpha value is -4.30. The highest BCUT2D eigenvalue weighted by Gasteiger charge is 2.26. The number of hydrogen-bond donors (Lipinski definition) is 1. The van der Waals surface area contributed by atoms with Gasteiger partial charge in [0.2, 0.25) is 0 Å². The van der Waals surface area contributed by atoms with Crippen molar-refractivity contribution >= 4 is 10.9 Å². The van der Waals surface area contributed by atoms with Crippen LogP contribution >= 0.6 is 0 Å². The Morgan fingerprint density at radius 2 is 1.69 bits per heavy atom. The Morgan fingerprint density at radius 3 is 2.41 bits per heavy atom. The number of aromatic nitrogens is 5. The minimum Gasteiger partial charge on any atom is -0.497 e. The van der Waals surface area contributed by atoms with E-state index < -0.39 is 0 Å². The summed E-state index contributed by atoms with van der Waals surface area (Å²) in [5, 5.41) is 13.9. The highest BCUT2D eigenvalue weighted by Crippen LogP contribution is 2.27. The topological polar surface area (TPSA) is 88.9 Å². The number of tetrazole rings is 1. The van der Waals surface area contributed by atoms with Gasteiger partial charge in [0.1, 0.15) is 5.75 Å².